The van der Waals surface area contributed by atoms with Crippen LogP contribution in [0.5, 0.6) is 0 Å². The van der Waals surface area contributed by atoms with Gasteiger partial charge in [0.2, 0.25) is 0 Å². The quantitative estimate of drug-likeness (QED) is 0.139. The molecule has 0 aliphatic heterocycles. The van der Waals surface area contributed by atoms with E-state index in [2.05, 4.69) is 19.1 Å². The maximum Gasteiger partial charge on any atom is 2.00 e. The Morgan fingerprint density at radius 2 is 1.16 bits per heavy atom. The number of carboxylic acid groups (broad SMARTS) is 1. The van der Waals surface area contributed by atoms with Crippen LogP contribution in [0.4, 0.5) is 0 Å². The average Bonchev–Trinajstić information content (AvgIpc) is 2.56. The molecule has 0 amide bonds. The molecule has 0 aliphatic carbocycles. The Labute approximate surface area is 197 Å². The second-order valence-corrected chi connectivity index (χ2v) is 5.58. The number of carboxylic acids is 1. The summed E-state index contributed by atoms with van der Waals surface area (Å²) in [5, 5.41) is 8.39. The maximum atomic E-state index is 10.2. The largest absolute Gasteiger partial charge is 2.00 e. The Morgan fingerprint density at radius 1 is 0.720 bits per heavy atom. The molecule has 136 valence electrons. The van der Waals surface area contributed by atoms with Crippen LogP contribution in [-0.4, -0.2) is 60.0 Å². The fourth-order valence-corrected chi connectivity index (χ4v) is 2.05. The van der Waals surface area contributed by atoms with Crippen molar-refractivity contribution in [2.75, 3.05) is 0 Å². The molecule has 0 saturated heterocycles. The van der Waals surface area contributed by atoms with Crippen LogP contribution in [0.2, 0.25) is 0 Å². The van der Waals surface area contributed by atoms with Crippen LogP contribution in [0, 0.1) is 0 Å². The van der Waals surface area contributed by atoms with Gasteiger partial charge in [0, 0.05) is 6.08 Å². The molecule has 0 unspecified atom stereocenters. The Morgan fingerprint density at radius 3 is 1.68 bits per heavy atom. The van der Waals surface area contributed by atoms with Crippen LogP contribution >= 0.6 is 0 Å². The predicted molar refractivity (Wildman–Crippen MR) is 113 cm³/mol. The van der Waals surface area contributed by atoms with Crippen molar-refractivity contribution in [2.45, 2.75) is 58.3 Å². The third kappa shape index (κ3) is 25.8. The number of allylic oxidation sites excluding steroid dienone is 11. The number of carbonyl (C=O) groups is 1. The van der Waals surface area contributed by atoms with Crippen molar-refractivity contribution in [3.05, 3.63) is 72.9 Å². The van der Waals surface area contributed by atoms with E-state index in [4.69, 9.17) is 5.11 Å². The summed E-state index contributed by atoms with van der Waals surface area (Å²) in [5.41, 5.74) is 0. The van der Waals surface area contributed by atoms with Crippen LogP contribution < -0.4 is 0 Å². The van der Waals surface area contributed by atoms with Crippen LogP contribution in [-0.2, 0) is 4.79 Å². The molecule has 0 bridgehead atoms. The Balaban J connectivity index is -0.000000882. The molecule has 0 spiro atoms. The number of hydrogen-bond donors (Lipinski definition) is 1. The van der Waals surface area contributed by atoms with E-state index >= 15 is 0 Å². The van der Waals surface area contributed by atoms with Crippen LogP contribution in [0.3, 0.4) is 0 Å². The molecule has 0 aromatic carbocycles. The molecule has 0 saturated carbocycles. The van der Waals surface area contributed by atoms with E-state index in [1.807, 2.05) is 36.5 Å². The van der Waals surface area contributed by atoms with Gasteiger partial charge in [-0.3, -0.25) is 0 Å². The zero-order valence-electron chi connectivity index (χ0n) is 17.6. The van der Waals surface area contributed by atoms with Gasteiger partial charge in [0.05, 0.1) is 0 Å². The minimum absolute atomic E-state index is 0. The van der Waals surface area contributed by atoms with Crippen molar-refractivity contribution in [3.63, 3.8) is 0 Å². The minimum atomic E-state index is -0.936. The number of unbranched alkanes of at least 4 members (excludes halogenated alkanes) is 7. The maximum absolute atomic E-state index is 10.2. The summed E-state index contributed by atoms with van der Waals surface area (Å²) in [6, 6.07) is 0. The van der Waals surface area contributed by atoms with Crippen LogP contribution in [0.25, 0.3) is 0 Å². The van der Waals surface area contributed by atoms with Crippen molar-refractivity contribution in [3.8, 4) is 0 Å². The molecule has 0 radical (unpaired) electrons. The Hall–Kier alpha value is -0.519. The molecular weight excluding hydrogens is 434 g/mol. The molecule has 0 fully saturated rings. The normalized spacial score (nSPS) is 12.5. The minimum Gasteiger partial charge on any atom is -1.00 e. The van der Waals surface area contributed by atoms with Gasteiger partial charge in [-0.15, -0.1) is 0 Å². The van der Waals surface area contributed by atoms with Crippen LogP contribution in [0.1, 0.15) is 61.1 Å². The van der Waals surface area contributed by atoms with Crippen molar-refractivity contribution in [2.24, 2.45) is 0 Å². The van der Waals surface area contributed by atoms with Gasteiger partial charge in [-0.1, -0.05) is 112 Å². The SMILES string of the molecule is CCCCCCCCCC=CC=CC=CC=CC=CC=CC(=O)O.[Ba+2].[H-].[H-]. The summed E-state index contributed by atoms with van der Waals surface area (Å²) >= 11 is 0. The first kappa shape index (κ1) is 26.7. The molecule has 0 aliphatic rings. The second-order valence-electron chi connectivity index (χ2n) is 5.58. The van der Waals surface area contributed by atoms with E-state index in [1.54, 1.807) is 12.2 Å². The van der Waals surface area contributed by atoms with Gasteiger partial charge in [0.15, 0.2) is 0 Å². The first-order valence-corrected chi connectivity index (χ1v) is 9.00. The molecule has 3 heteroatoms. The fraction of sp³-hybridized carbons (Fsp3) is 0.409. The number of rotatable bonds is 14. The van der Waals surface area contributed by atoms with Gasteiger partial charge in [0.1, 0.15) is 0 Å². The predicted octanol–water partition coefficient (Wildman–Crippen LogP) is 6.39. The van der Waals surface area contributed by atoms with Gasteiger partial charge >= 0.3 is 54.9 Å². The molecular formula is C22H34BaO2. The first-order chi connectivity index (χ1) is 11.8. The molecule has 0 aromatic rings. The summed E-state index contributed by atoms with van der Waals surface area (Å²) in [6.45, 7) is 2.25. The van der Waals surface area contributed by atoms with E-state index in [0.717, 1.165) is 12.5 Å². The molecule has 2 nitrogen and oxygen atoms in total. The van der Waals surface area contributed by atoms with Crippen LogP contribution in [0.15, 0.2) is 72.9 Å². The standard InChI is InChI=1S/C22H32O2.Ba.2H/c1-2-3-4-5-6-7-8-9-10-11-12-13-14-15-16-17-18-19-20-21-22(23)24;;;/h10-21H,2-9H2,1H3,(H,23,24);;;/q;+2;2*-1. The molecule has 0 heterocycles. The summed E-state index contributed by atoms with van der Waals surface area (Å²) in [6.07, 6.45) is 32.7. The monoisotopic (exact) mass is 468 g/mol. The average molecular weight is 468 g/mol. The zero-order chi connectivity index (χ0) is 17.7. The van der Waals surface area contributed by atoms with Crippen molar-refractivity contribution >= 4 is 54.9 Å². The van der Waals surface area contributed by atoms with E-state index in [9.17, 15) is 4.79 Å². The summed E-state index contributed by atoms with van der Waals surface area (Å²) in [7, 11) is 0. The Kier molecular flexibility index (Phi) is 25.1. The number of hydrogen-bond acceptors (Lipinski definition) is 1. The van der Waals surface area contributed by atoms with E-state index in [0.29, 0.717) is 0 Å². The van der Waals surface area contributed by atoms with Gasteiger partial charge in [-0.05, 0) is 12.8 Å². The van der Waals surface area contributed by atoms with E-state index in [1.165, 1.54) is 51.0 Å². The summed E-state index contributed by atoms with van der Waals surface area (Å²) < 4.78 is 0. The first-order valence-electron chi connectivity index (χ1n) is 9.00. The topological polar surface area (TPSA) is 37.3 Å². The molecule has 25 heavy (non-hydrogen) atoms. The molecule has 0 aromatic heterocycles. The summed E-state index contributed by atoms with van der Waals surface area (Å²) in [5.74, 6) is -0.936. The van der Waals surface area contributed by atoms with Crippen molar-refractivity contribution < 1.29 is 12.8 Å². The van der Waals surface area contributed by atoms with Gasteiger partial charge in [0.25, 0.3) is 0 Å². The Bertz CT molecular complexity index is 479. The third-order valence-corrected chi connectivity index (χ3v) is 3.35. The third-order valence-electron chi connectivity index (χ3n) is 3.35. The number of aliphatic carboxylic acids is 1. The van der Waals surface area contributed by atoms with Gasteiger partial charge < -0.3 is 7.96 Å². The van der Waals surface area contributed by atoms with Crippen molar-refractivity contribution in [1.29, 1.82) is 0 Å². The van der Waals surface area contributed by atoms with E-state index in [-0.39, 0.29) is 51.7 Å². The zero-order valence-corrected chi connectivity index (χ0v) is 20.1. The molecule has 1 N–H and O–H groups in total. The molecule has 0 atom stereocenters. The van der Waals surface area contributed by atoms with Gasteiger partial charge in [-0.2, -0.15) is 0 Å². The van der Waals surface area contributed by atoms with Gasteiger partial charge in [-0.25, -0.2) is 4.79 Å². The fourth-order valence-electron chi connectivity index (χ4n) is 2.05. The molecule has 0 rings (SSSR count). The smallest absolute Gasteiger partial charge is 1.00 e. The van der Waals surface area contributed by atoms with E-state index < -0.39 is 5.97 Å². The second kappa shape index (κ2) is 23.5. The summed E-state index contributed by atoms with van der Waals surface area (Å²) in [4.78, 5) is 10.2. The van der Waals surface area contributed by atoms with Crippen molar-refractivity contribution in [1.82, 2.24) is 0 Å².